The summed E-state index contributed by atoms with van der Waals surface area (Å²) in [5.74, 6) is -0.278. The van der Waals surface area contributed by atoms with Crippen molar-refractivity contribution in [2.75, 3.05) is 39.5 Å². The van der Waals surface area contributed by atoms with Crippen LogP contribution in [0.5, 0.6) is 0 Å². The van der Waals surface area contributed by atoms with E-state index in [0.29, 0.717) is 26.4 Å². The third-order valence-corrected chi connectivity index (χ3v) is 5.87. The maximum atomic E-state index is 13.4. The molecule has 0 saturated carbocycles. The Kier molecular flexibility index (Phi) is 4.13. The summed E-state index contributed by atoms with van der Waals surface area (Å²) in [5.41, 5.74) is 0.631. The van der Waals surface area contributed by atoms with Gasteiger partial charge in [-0.05, 0) is 32.3 Å². The van der Waals surface area contributed by atoms with Crippen molar-refractivity contribution in [3.63, 3.8) is 0 Å². The van der Waals surface area contributed by atoms with Gasteiger partial charge in [0.15, 0.2) is 5.79 Å². The summed E-state index contributed by atoms with van der Waals surface area (Å²) in [4.78, 5) is 15.4. The van der Waals surface area contributed by atoms with Crippen LogP contribution < -0.4 is 0 Å². The molecule has 0 bridgehead atoms. The molecule has 5 nitrogen and oxygen atoms in total. The first-order valence-electron chi connectivity index (χ1n) is 9.16. The third kappa shape index (κ3) is 2.98. The van der Waals surface area contributed by atoms with Crippen molar-refractivity contribution in [1.82, 2.24) is 4.90 Å². The number of carbonyl (C=O) groups excluding carboxylic acids is 1. The molecule has 0 unspecified atom stereocenters. The first kappa shape index (κ1) is 17.0. The van der Waals surface area contributed by atoms with Crippen molar-refractivity contribution >= 4 is 5.91 Å². The fourth-order valence-corrected chi connectivity index (χ4v) is 4.23. The maximum absolute atomic E-state index is 13.4. The van der Waals surface area contributed by atoms with Crippen molar-refractivity contribution in [2.45, 2.75) is 37.9 Å². The van der Waals surface area contributed by atoms with Gasteiger partial charge in [0.1, 0.15) is 0 Å². The fourth-order valence-electron chi connectivity index (χ4n) is 4.23. The Morgan fingerprint density at radius 3 is 2.20 bits per heavy atom. The van der Waals surface area contributed by atoms with Gasteiger partial charge in [-0.25, -0.2) is 0 Å². The largest absolute Gasteiger partial charge is 0.381 e. The van der Waals surface area contributed by atoms with E-state index in [1.165, 1.54) is 0 Å². The van der Waals surface area contributed by atoms with Crippen LogP contribution in [0.25, 0.3) is 0 Å². The minimum absolute atomic E-state index is 0.0335. The van der Waals surface area contributed by atoms with Crippen molar-refractivity contribution in [3.05, 3.63) is 35.9 Å². The molecule has 3 aliphatic rings. The molecule has 5 heteroatoms. The van der Waals surface area contributed by atoms with E-state index in [4.69, 9.17) is 14.2 Å². The van der Waals surface area contributed by atoms with Crippen molar-refractivity contribution < 1.29 is 19.0 Å². The predicted octanol–water partition coefficient (Wildman–Crippen LogP) is 2.35. The average molecular weight is 345 g/mol. The van der Waals surface area contributed by atoms with Gasteiger partial charge in [-0.2, -0.15) is 0 Å². The minimum Gasteiger partial charge on any atom is -0.381 e. The molecule has 3 saturated heterocycles. The Bertz CT molecular complexity index is 618. The van der Waals surface area contributed by atoms with Crippen molar-refractivity contribution in [2.24, 2.45) is 5.41 Å². The van der Waals surface area contributed by atoms with Crippen LogP contribution in [0.15, 0.2) is 30.3 Å². The highest BCUT2D eigenvalue weighted by atomic mass is 16.7. The number of ether oxygens (including phenoxy) is 3. The standard InChI is InChI=1S/C20H27NO4/c1-18(2)24-14-19(15-25-18)12-21(13-19)17(22)20(8-10-23-11-9-20)16-6-4-3-5-7-16/h3-7H,8-15H2,1-2H3. The van der Waals surface area contributed by atoms with Crippen LogP contribution in [0.1, 0.15) is 32.3 Å². The van der Waals surface area contributed by atoms with Crippen molar-refractivity contribution in [1.29, 1.82) is 0 Å². The van der Waals surface area contributed by atoms with Gasteiger partial charge in [-0.3, -0.25) is 4.79 Å². The Balaban J connectivity index is 1.50. The van der Waals surface area contributed by atoms with Crippen LogP contribution in [0.3, 0.4) is 0 Å². The lowest BCUT2D eigenvalue weighted by Crippen LogP contribution is -2.68. The van der Waals surface area contributed by atoms with Gasteiger partial charge >= 0.3 is 0 Å². The number of likely N-dealkylation sites (tertiary alicyclic amines) is 1. The average Bonchev–Trinajstić information content (AvgIpc) is 2.61. The smallest absolute Gasteiger partial charge is 0.233 e. The molecule has 136 valence electrons. The number of hydrogen-bond acceptors (Lipinski definition) is 4. The van der Waals surface area contributed by atoms with Crippen LogP contribution >= 0.6 is 0 Å². The summed E-state index contributed by atoms with van der Waals surface area (Å²) in [5, 5.41) is 0. The molecule has 0 atom stereocenters. The zero-order chi connectivity index (χ0) is 17.5. The minimum atomic E-state index is -0.512. The Morgan fingerprint density at radius 1 is 1.00 bits per heavy atom. The van der Waals surface area contributed by atoms with E-state index in [-0.39, 0.29) is 11.3 Å². The lowest BCUT2D eigenvalue weighted by atomic mass is 9.70. The molecule has 0 radical (unpaired) electrons. The molecule has 4 rings (SSSR count). The second kappa shape index (κ2) is 6.08. The van der Waals surface area contributed by atoms with Crippen LogP contribution in [-0.4, -0.2) is 56.1 Å². The fraction of sp³-hybridized carbons (Fsp3) is 0.650. The topological polar surface area (TPSA) is 48.0 Å². The van der Waals surface area contributed by atoms with E-state index >= 15 is 0 Å². The maximum Gasteiger partial charge on any atom is 0.233 e. The van der Waals surface area contributed by atoms with Gasteiger partial charge in [-0.15, -0.1) is 0 Å². The Morgan fingerprint density at radius 2 is 1.60 bits per heavy atom. The summed E-state index contributed by atoms with van der Waals surface area (Å²) in [6.07, 6.45) is 1.50. The number of carbonyl (C=O) groups is 1. The molecule has 1 aromatic carbocycles. The number of nitrogens with zero attached hydrogens (tertiary/aromatic N) is 1. The van der Waals surface area contributed by atoms with Gasteiger partial charge in [0, 0.05) is 26.3 Å². The van der Waals surface area contributed by atoms with E-state index in [2.05, 4.69) is 12.1 Å². The van der Waals surface area contributed by atoms with Crippen LogP contribution in [0.4, 0.5) is 0 Å². The predicted molar refractivity (Wildman–Crippen MR) is 93.2 cm³/mol. The third-order valence-electron chi connectivity index (χ3n) is 5.87. The van der Waals surface area contributed by atoms with E-state index in [1.807, 2.05) is 36.9 Å². The highest BCUT2D eigenvalue weighted by molar-refractivity contribution is 5.89. The van der Waals surface area contributed by atoms with E-state index in [9.17, 15) is 4.79 Å². The van der Waals surface area contributed by atoms with Gasteiger partial charge in [0.05, 0.1) is 24.0 Å². The van der Waals surface area contributed by atoms with Crippen LogP contribution in [-0.2, 0) is 24.4 Å². The summed E-state index contributed by atoms with van der Waals surface area (Å²) >= 11 is 0. The van der Waals surface area contributed by atoms with E-state index in [0.717, 1.165) is 31.5 Å². The molecular weight excluding hydrogens is 318 g/mol. The highest BCUT2D eigenvalue weighted by Crippen LogP contribution is 2.43. The normalized spacial score (nSPS) is 26.9. The second-order valence-corrected chi connectivity index (χ2v) is 8.20. The Labute approximate surface area is 149 Å². The van der Waals surface area contributed by atoms with Gasteiger partial charge in [-0.1, -0.05) is 30.3 Å². The van der Waals surface area contributed by atoms with Crippen molar-refractivity contribution in [3.8, 4) is 0 Å². The van der Waals surface area contributed by atoms with E-state index in [1.54, 1.807) is 0 Å². The molecule has 0 aliphatic carbocycles. The molecule has 1 amide bonds. The quantitative estimate of drug-likeness (QED) is 0.826. The van der Waals surface area contributed by atoms with Gasteiger partial charge in [0.2, 0.25) is 5.91 Å². The lowest BCUT2D eigenvalue weighted by Gasteiger charge is -2.56. The molecule has 0 aromatic heterocycles. The molecule has 1 spiro atoms. The first-order chi connectivity index (χ1) is 11.9. The number of rotatable bonds is 2. The highest BCUT2D eigenvalue weighted by Gasteiger charge is 2.54. The van der Waals surface area contributed by atoms with Gasteiger partial charge in [0.25, 0.3) is 0 Å². The molecule has 3 fully saturated rings. The van der Waals surface area contributed by atoms with E-state index < -0.39 is 11.2 Å². The zero-order valence-corrected chi connectivity index (χ0v) is 15.1. The molecular formula is C20H27NO4. The van der Waals surface area contributed by atoms with Crippen LogP contribution in [0.2, 0.25) is 0 Å². The lowest BCUT2D eigenvalue weighted by molar-refractivity contribution is -0.303. The van der Waals surface area contributed by atoms with Gasteiger partial charge < -0.3 is 19.1 Å². The molecule has 0 N–H and O–H groups in total. The summed E-state index contributed by atoms with van der Waals surface area (Å²) in [6.45, 7) is 7.91. The summed E-state index contributed by atoms with van der Waals surface area (Å²) < 4.78 is 17.2. The molecule has 3 heterocycles. The number of benzene rings is 1. The first-order valence-corrected chi connectivity index (χ1v) is 9.16. The Hall–Kier alpha value is -1.43. The number of amides is 1. The molecule has 1 aromatic rings. The van der Waals surface area contributed by atoms with Crippen LogP contribution in [0, 0.1) is 5.41 Å². The second-order valence-electron chi connectivity index (χ2n) is 8.20. The zero-order valence-electron chi connectivity index (χ0n) is 15.1. The summed E-state index contributed by atoms with van der Waals surface area (Å²) in [7, 11) is 0. The summed E-state index contributed by atoms with van der Waals surface area (Å²) in [6, 6.07) is 10.2. The number of hydrogen-bond donors (Lipinski definition) is 0. The monoisotopic (exact) mass is 345 g/mol. The molecule has 25 heavy (non-hydrogen) atoms. The SMILES string of the molecule is CC1(C)OCC2(CO1)CN(C(=O)C1(c3ccccc3)CCOCC1)C2. The molecule has 3 aliphatic heterocycles.